The van der Waals surface area contributed by atoms with E-state index < -0.39 is 0 Å². The van der Waals surface area contributed by atoms with Crippen molar-refractivity contribution in [1.82, 2.24) is 5.32 Å². The van der Waals surface area contributed by atoms with Gasteiger partial charge in [0.2, 0.25) is 5.91 Å². The van der Waals surface area contributed by atoms with E-state index in [0.29, 0.717) is 29.2 Å². The number of hydrogen-bond donors (Lipinski definition) is 1. The molecule has 3 saturated carbocycles. The molecule has 3 nitrogen and oxygen atoms in total. The summed E-state index contributed by atoms with van der Waals surface area (Å²) < 4.78 is 0. The Hall–Kier alpha value is -1.04. The Morgan fingerprint density at radius 2 is 1.83 bits per heavy atom. The van der Waals surface area contributed by atoms with Crippen molar-refractivity contribution in [2.24, 2.45) is 46.8 Å². The zero-order chi connectivity index (χ0) is 16.4. The highest BCUT2D eigenvalue weighted by molar-refractivity contribution is 5.84. The second kappa shape index (κ2) is 5.23. The average molecular weight is 314 g/mol. The molecule has 1 N–H and O–H groups in total. The maximum atomic E-state index is 12.2. The molecule has 0 aromatic rings. The van der Waals surface area contributed by atoms with Gasteiger partial charge in [0.1, 0.15) is 5.92 Å². The van der Waals surface area contributed by atoms with E-state index in [1.54, 1.807) is 0 Å². The van der Waals surface area contributed by atoms with E-state index in [1.807, 2.05) is 0 Å². The van der Waals surface area contributed by atoms with Crippen molar-refractivity contribution >= 4 is 5.91 Å². The Kier molecular flexibility index (Phi) is 3.52. The molecule has 8 unspecified atom stereocenters. The molecule has 0 bridgehead atoms. The Bertz CT molecular complexity index is 543. The average Bonchev–Trinajstić information content (AvgIpc) is 2.96. The lowest BCUT2D eigenvalue weighted by Crippen LogP contribution is -2.43. The molecule has 1 saturated heterocycles. The number of fused-ring (bicyclic) bond motifs is 3. The number of nitrogens with zero attached hydrogens (tertiary/aromatic N) is 1. The summed E-state index contributed by atoms with van der Waals surface area (Å²) in [6.07, 6.45) is 7.84. The number of carbonyl (C=O) groups is 1. The summed E-state index contributed by atoms with van der Waals surface area (Å²) in [5.74, 6) is 3.68. The van der Waals surface area contributed by atoms with E-state index in [1.165, 1.54) is 38.5 Å². The van der Waals surface area contributed by atoms with Crippen LogP contribution in [-0.2, 0) is 4.79 Å². The summed E-state index contributed by atoms with van der Waals surface area (Å²) in [5.41, 5.74) is 0.405. The second-order valence-electron chi connectivity index (χ2n) is 9.82. The third-order valence-corrected chi connectivity index (χ3v) is 7.39. The monoisotopic (exact) mass is 314 g/mol. The first-order valence-corrected chi connectivity index (χ1v) is 9.61. The van der Waals surface area contributed by atoms with Gasteiger partial charge in [0.05, 0.1) is 6.07 Å². The fourth-order valence-corrected chi connectivity index (χ4v) is 6.98. The third kappa shape index (κ3) is 2.32. The summed E-state index contributed by atoms with van der Waals surface area (Å²) in [4.78, 5) is 12.2. The molecule has 1 aliphatic heterocycles. The van der Waals surface area contributed by atoms with Crippen molar-refractivity contribution in [1.29, 1.82) is 5.26 Å². The van der Waals surface area contributed by atoms with Gasteiger partial charge in [-0.05, 0) is 67.1 Å². The first-order chi connectivity index (χ1) is 10.9. The zero-order valence-corrected chi connectivity index (χ0v) is 14.7. The van der Waals surface area contributed by atoms with Crippen LogP contribution >= 0.6 is 0 Å². The molecule has 1 amide bonds. The van der Waals surface area contributed by atoms with Crippen LogP contribution in [0.25, 0.3) is 0 Å². The Morgan fingerprint density at radius 1 is 1.09 bits per heavy atom. The number of amides is 1. The standard InChI is InChI=1S/C20H30N2O/c1-20(2,3)9-11-7-8-13-16-12(11)5-4-6-14(16)18-17(13)15(10-21)19(23)22-18/h11-18H,4-9H2,1-3H3,(H,22,23). The first kappa shape index (κ1) is 15.5. The highest BCUT2D eigenvalue weighted by Crippen LogP contribution is 2.62. The number of hydrogen-bond acceptors (Lipinski definition) is 2. The number of nitriles is 1. The minimum Gasteiger partial charge on any atom is -0.352 e. The van der Waals surface area contributed by atoms with Gasteiger partial charge in [0.15, 0.2) is 0 Å². The fourth-order valence-electron chi connectivity index (χ4n) is 6.98. The summed E-state index contributed by atoms with van der Waals surface area (Å²) >= 11 is 0. The third-order valence-electron chi connectivity index (χ3n) is 7.39. The molecule has 0 aromatic carbocycles. The molecule has 23 heavy (non-hydrogen) atoms. The molecule has 126 valence electrons. The second-order valence-corrected chi connectivity index (χ2v) is 9.82. The molecule has 0 radical (unpaired) electrons. The maximum Gasteiger partial charge on any atom is 0.237 e. The Balaban J connectivity index is 1.63. The van der Waals surface area contributed by atoms with E-state index in [-0.39, 0.29) is 11.8 Å². The van der Waals surface area contributed by atoms with Crippen LogP contribution in [0.3, 0.4) is 0 Å². The molecule has 4 rings (SSSR count). The maximum absolute atomic E-state index is 12.2. The van der Waals surface area contributed by atoms with E-state index in [4.69, 9.17) is 0 Å². The predicted octanol–water partition coefficient (Wildman–Crippen LogP) is 3.75. The molecule has 3 heteroatoms. The highest BCUT2D eigenvalue weighted by atomic mass is 16.2. The quantitative estimate of drug-likeness (QED) is 0.801. The van der Waals surface area contributed by atoms with Crippen molar-refractivity contribution in [2.45, 2.75) is 65.3 Å². The summed E-state index contributed by atoms with van der Waals surface area (Å²) in [7, 11) is 0. The Labute approximate surface area is 140 Å². The molecule has 0 spiro atoms. The van der Waals surface area contributed by atoms with Crippen molar-refractivity contribution in [3.8, 4) is 6.07 Å². The van der Waals surface area contributed by atoms with Crippen LogP contribution in [-0.4, -0.2) is 11.9 Å². The first-order valence-electron chi connectivity index (χ1n) is 9.61. The van der Waals surface area contributed by atoms with E-state index in [0.717, 1.165) is 17.8 Å². The van der Waals surface area contributed by atoms with E-state index in [2.05, 4.69) is 32.2 Å². The van der Waals surface area contributed by atoms with Gasteiger partial charge in [-0.3, -0.25) is 4.79 Å². The minimum absolute atomic E-state index is 0.0138. The van der Waals surface area contributed by atoms with E-state index in [9.17, 15) is 10.1 Å². The molecular formula is C20H30N2O. The molecular weight excluding hydrogens is 284 g/mol. The van der Waals surface area contributed by atoms with Crippen LogP contribution in [0, 0.1) is 58.2 Å². The van der Waals surface area contributed by atoms with Gasteiger partial charge >= 0.3 is 0 Å². The molecule has 0 aromatic heterocycles. The van der Waals surface area contributed by atoms with Crippen molar-refractivity contribution in [3.05, 3.63) is 0 Å². The molecule has 1 heterocycles. The van der Waals surface area contributed by atoms with E-state index >= 15 is 0 Å². The molecule has 4 fully saturated rings. The highest BCUT2D eigenvalue weighted by Gasteiger charge is 2.62. The zero-order valence-electron chi connectivity index (χ0n) is 14.7. The summed E-state index contributed by atoms with van der Waals surface area (Å²) in [6.45, 7) is 7.11. The van der Waals surface area contributed by atoms with Crippen molar-refractivity contribution in [3.63, 3.8) is 0 Å². The van der Waals surface area contributed by atoms with Gasteiger partial charge in [0, 0.05) is 12.0 Å². The predicted molar refractivity (Wildman–Crippen MR) is 89.1 cm³/mol. The fraction of sp³-hybridized carbons (Fsp3) is 0.900. The largest absolute Gasteiger partial charge is 0.352 e. The molecule has 3 aliphatic carbocycles. The van der Waals surface area contributed by atoms with Crippen LogP contribution in [0.5, 0.6) is 0 Å². The minimum atomic E-state index is -0.379. The summed E-state index contributed by atoms with van der Waals surface area (Å²) in [6, 6.07) is 2.64. The van der Waals surface area contributed by atoms with Crippen LogP contribution < -0.4 is 5.32 Å². The number of rotatable bonds is 1. The van der Waals surface area contributed by atoms with Crippen LogP contribution in [0.4, 0.5) is 0 Å². The number of carbonyl (C=O) groups excluding carboxylic acids is 1. The molecule has 8 atom stereocenters. The topological polar surface area (TPSA) is 52.9 Å². The van der Waals surface area contributed by atoms with Gasteiger partial charge in [-0.1, -0.05) is 27.2 Å². The van der Waals surface area contributed by atoms with Gasteiger partial charge in [-0.25, -0.2) is 0 Å². The smallest absolute Gasteiger partial charge is 0.237 e. The molecule has 4 aliphatic rings. The van der Waals surface area contributed by atoms with Gasteiger partial charge in [0.25, 0.3) is 0 Å². The lowest BCUT2D eigenvalue weighted by atomic mass is 9.57. The van der Waals surface area contributed by atoms with Crippen LogP contribution in [0.2, 0.25) is 0 Å². The van der Waals surface area contributed by atoms with Gasteiger partial charge in [-0.2, -0.15) is 5.26 Å². The normalized spacial score (nSPS) is 48.3. The number of nitrogens with one attached hydrogen (secondary N) is 1. The Morgan fingerprint density at radius 3 is 2.52 bits per heavy atom. The van der Waals surface area contributed by atoms with Crippen LogP contribution in [0.15, 0.2) is 0 Å². The van der Waals surface area contributed by atoms with Gasteiger partial charge in [-0.15, -0.1) is 0 Å². The lowest BCUT2D eigenvalue weighted by molar-refractivity contribution is -0.122. The van der Waals surface area contributed by atoms with Crippen LogP contribution in [0.1, 0.15) is 59.3 Å². The van der Waals surface area contributed by atoms with Crippen molar-refractivity contribution in [2.75, 3.05) is 0 Å². The lowest BCUT2D eigenvalue weighted by Gasteiger charge is -2.48. The van der Waals surface area contributed by atoms with Crippen molar-refractivity contribution < 1.29 is 4.79 Å². The van der Waals surface area contributed by atoms with Gasteiger partial charge < -0.3 is 5.32 Å². The SMILES string of the molecule is CC(C)(C)CC1CCC2C3C1CCCC3C1NC(=O)C(C#N)C21. The summed E-state index contributed by atoms with van der Waals surface area (Å²) in [5, 5.41) is 12.7.